The first kappa shape index (κ1) is 54.2. The second-order valence-electron chi connectivity index (χ2n) is 0.814. The molecule has 12 heavy (non-hydrogen) atoms. The zero-order valence-electron chi connectivity index (χ0n) is 8.05. The minimum absolute atomic E-state index is 0. The summed E-state index contributed by atoms with van der Waals surface area (Å²) in [6, 6.07) is 3.71. The SMILES string of the molecule is Cl.Cl.[CH3-].[CH3-].[CH3-].[CH3-].[Ti].[c-]1ccc[nH]1. The summed E-state index contributed by atoms with van der Waals surface area (Å²) >= 11 is 0. The van der Waals surface area contributed by atoms with Crippen LogP contribution in [0.2, 0.25) is 0 Å². The van der Waals surface area contributed by atoms with E-state index in [9.17, 15) is 0 Å². The number of hydrogen-bond acceptors (Lipinski definition) is 0. The number of hydrogen-bond donors (Lipinski definition) is 1. The van der Waals surface area contributed by atoms with Crippen molar-refractivity contribution in [2.24, 2.45) is 0 Å². The van der Waals surface area contributed by atoms with Gasteiger partial charge in [-0.2, -0.15) is 18.3 Å². The molecule has 1 nitrogen and oxygen atoms in total. The van der Waals surface area contributed by atoms with Gasteiger partial charge in [-0.25, -0.2) is 0 Å². The van der Waals surface area contributed by atoms with Crippen molar-refractivity contribution < 1.29 is 21.7 Å². The van der Waals surface area contributed by atoms with E-state index in [0.29, 0.717) is 0 Å². The summed E-state index contributed by atoms with van der Waals surface area (Å²) in [6.07, 6.45) is 4.56. The Morgan fingerprint density at radius 3 is 1.42 bits per heavy atom. The molecule has 0 aromatic carbocycles. The van der Waals surface area contributed by atoms with Crippen LogP contribution in [0.5, 0.6) is 0 Å². The van der Waals surface area contributed by atoms with Crippen molar-refractivity contribution >= 4 is 24.8 Å². The third-order valence-corrected chi connectivity index (χ3v) is 0.442. The maximum atomic E-state index is 2.74. The minimum atomic E-state index is 0. The monoisotopic (exact) mass is 246 g/mol. The average molecular weight is 247 g/mol. The maximum Gasteiger partial charge on any atom is 0 e. The Bertz CT molecular complexity index is 73.5. The molecule has 0 aliphatic carbocycles. The molecular formula is C8H18Cl2NTi-5. The van der Waals surface area contributed by atoms with Crippen molar-refractivity contribution in [2.45, 2.75) is 0 Å². The van der Waals surface area contributed by atoms with E-state index in [1.54, 1.807) is 0 Å². The number of halogens is 2. The molecule has 4 heteroatoms. The smallest absolute Gasteiger partial charge is 0 e. The fourth-order valence-electron chi connectivity index (χ4n) is 0.241. The molecule has 0 aliphatic rings. The second-order valence-corrected chi connectivity index (χ2v) is 0.814. The van der Waals surface area contributed by atoms with Gasteiger partial charge in [0.15, 0.2) is 0 Å². The van der Waals surface area contributed by atoms with Crippen molar-refractivity contribution in [2.75, 3.05) is 0 Å². The largest absolute Gasteiger partial charge is 0.484 e. The number of rotatable bonds is 0. The number of aromatic nitrogens is 1. The summed E-state index contributed by atoms with van der Waals surface area (Å²) in [5.74, 6) is 0. The van der Waals surface area contributed by atoms with E-state index < -0.39 is 0 Å². The molecule has 0 fully saturated rings. The van der Waals surface area contributed by atoms with E-state index in [0.717, 1.165) is 0 Å². The Hall–Kier alpha value is 0.574. The van der Waals surface area contributed by atoms with Gasteiger partial charge in [0.1, 0.15) is 0 Å². The van der Waals surface area contributed by atoms with Crippen molar-refractivity contribution in [3.05, 3.63) is 54.2 Å². The Kier molecular flexibility index (Phi) is 188. The van der Waals surface area contributed by atoms with E-state index in [1.807, 2.05) is 18.3 Å². The van der Waals surface area contributed by atoms with Gasteiger partial charge in [-0.15, -0.1) is 31.0 Å². The predicted octanol–water partition coefficient (Wildman–Crippen LogP) is 3.46. The molecule has 0 bridgehead atoms. The molecule has 1 heterocycles. The van der Waals surface area contributed by atoms with Gasteiger partial charge in [-0.3, -0.25) is 0 Å². The number of H-pyrrole nitrogens is 1. The summed E-state index contributed by atoms with van der Waals surface area (Å²) in [5, 5.41) is 0. The molecule has 0 atom stereocenters. The standard InChI is InChI=1S/C4H4N.4CH3.2ClH.Ti/c1-2-4-5-3-1;;;;;;;/h1-3,5H;4*1H3;2*1H;/q5*-1;;;. The van der Waals surface area contributed by atoms with Gasteiger partial charge in [0.2, 0.25) is 0 Å². The molecule has 78 valence electrons. The fourth-order valence-corrected chi connectivity index (χ4v) is 0.241. The van der Waals surface area contributed by atoms with Crippen LogP contribution in [0, 0.1) is 35.9 Å². The summed E-state index contributed by atoms with van der Waals surface area (Å²) in [7, 11) is 0. The van der Waals surface area contributed by atoms with Crippen molar-refractivity contribution in [3.63, 3.8) is 0 Å². The van der Waals surface area contributed by atoms with Gasteiger partial charge in [0, 0.05) is 21.7 Å². The van der Waals surface area contributed by atoms with Crippen LogP contribution in [0.4, 0.5) is 0 Å². The molecule has 0 spiro atoms. The van der Waals surface area contributed by atoms with Gasteiger partial charge < -0.3 is 34.7 Å². The molecule has 1 rings (SSSR count). The maximum absolute atomic E-state index is 2.74. The predicted molar refractivity (Wildman–Crippen MR) is 59.8 cm³/mol. The molecule has 0 saturated carbocycles. The van der Waals surface area contributed by atoms with Crippen LogP contribution in [-0.2, 0) is 21.7 Å². The molecular weight excluding hydrogens is 229 g/mol. The van der Waals surface area contributed by atoms with E-state index in [1.165, 1.54) is 0 Å². The third kappa shape index (κ3) is 31.2. The van der Waals surface area contributed by atoms with Crippen molar-refractivity contribution in [3.8, 4) is 0 Å². The van der Waals surface area contributed by atoms with Crippen LogP contribution in [0.3, 0.4) is 0 Å². The van der Waals surface area contributed by atoms with E-state index in [2.05, 4.69) is 11.2 Å². The molecule has 0 amide bonds. The van der Waals surface area contributed by atoms with Crippen molar-refractivity contribution in [1.29, 1.82) is 0 Å². The minimum Gasteiger partial charge on any atom is -0.484 e. The molecule has 1 N–H and O–H groups in total. The Balaban J connectivity index is -0.00000000714. The summed E-state index contributed by atoms with van der Waals surface area (Å²) in [6.45, 7) is 0. The van der Waals surface area contributed by atoms with Gasteiger partial charge >= 0.3 is 0 Å². The van der Waals surface area contributed by atoms with Gasteiger partial charge in [0.05, 0.1) is 0 Å². The summed E-state index contributed by atoms with van der Waals surface area (Å²) in [5.41, 5.74) is 0. The van der Waals surface area contributed by atoms with Crippen LogP contribution >= 0.6 is 24.8 Å². The second kappa shape index (κ2) is 41.7. The average Bonchev–Trinajstić information content (AvgIpc) is 1.76. The molecule has 1 aromatic heterocycles. The van der Waals surface area contributed by atoms with Gasteiger partial charge in [-0.1, -0.05) is 0 Å². The van der Waals surface area contributed by atoms with Gasteiger partial charge in [-0.05, 0) is 0 Å². The van der Waals surface area contributed by atoms with Crippen LogP contribution in [0.1, 0.15) is 0 Å². The number of nitrogens with one attached hydrogen (secondary N) is 1. The van der Waals surface area contributed by atoms with Gasteiger partial charge in [0.25, 0.3) is 0 Å². The van der Waals surface area contributed by atoms with Crippen LogP contribution in [-0.4, -0.2) is 4.98 Å². The quantitative estimate of drug-likeness (QED) is 0.533. The number of aromatic amines is 1. The Labute approximate surface area is 105 Å². The Morgan fingerprint density at radius 1 is 0.917 bits per heavy atom. The van der Waals surface area contributed by atoms with Crippen molar-refractivity contribution in [1.82, 2.24) is 4.98 Å². The molecule has 1 aromatic rings. The summed E-state index contributed by atoms with van der Waals surface area (Å²) in [4.78, 5) is 2.74. The third-order valence-electron chi connectivity index (χ3n) is 0.442. The first-order chi connectivity index (χ1) is 2.50. The topological polar surface area (TPSA) is 15.8 Å². The molecule has 0 radical (unpaired) electrons. The van der Waals surface area contributed by atoms with Crippen LogP contribution < -0.4 is 0 Å². The first-order valence-corrected chi connectivity index (χ1v) is 1.49. The van der Waals surface area contributed by atoms with E-state index >= 15 is 0 Å². The fraction of sp³-hybridized carbons (Fsp3) is 0. The molecule has 0 saturated heterocycles. The molecule has 0 unspecified atom stereocenters. The molecule has 0 aliphatic heterocycles. The zero-order valence-corrected chi connectivity index (χ0v) is 11.2. The van der Waals surface area contributed by atoms with Crippen LogP contribution in [0.15, 0.2) is 18.3 Å². The van der Waals surface area contributed by atoms with E-state index in [-0.39, 0.29) is 76.2 Å². The summed E-state index contributed by atoms with van der Waals surface area (Å²) < 4.78 is 0. The van der Waals surface area contributed by atoms with Crippen LogP contribution in [0.25, 0.3) is 0 Å². The van der Waals surface area contributed by atoms with E-state index in [4.69, 9.17) is 0 Å². The Morgan fingerprint density at radius 2 is 1.33 bits per heavy atom. The normalized spacial score (nSPS) is 3.33. The first-order valence-electron chi connectivity index (χ1n) is 1.49. The zero-order chi connectivity index (χ0) is 3.54.